The zero-order valence-electron chi connectivity index (χ0n) is 11.0. The molecule has 3 heterocycles. The molecule has 0 bridgehead atoms. The van der Waals surface area contributed by atoms with Crippen molar-refractivity contribution in [2.45, 2.75) is 18.4 Å². The molecule has 20 heavy (non-hydrogen) atoms. The average molecular weight is 277 g/mol. The smallest absolute Gasteiger partial charge is 0.260 e. The number of nitrogens with one attached hydrogen (secondary N) is 1. The second-order valence-corrected chi connectivity index (χ2v) is 4.70. The van der Waals surface area contributed by atoms with Crippen LogP contribution in [0.25, 0.3) is 11.5 Å². The molecule has 1 unspecified atom stereocenters. The molecule has 8 heteroatoms. The molecule has 1 atom stereocenters. The summed E-state index contributed by atoms with van der Waals surface area (Å²) in [5, 5.41) is 25.2. The van der Waals surface area contributed by atoms with Crippen LogP contribution in [0.4, 0.5) is 0 Å². The summed E-state index contributed by atoms with van der Waals surface area (Å²) in [6.45, 7) is 1.29. The number of hydrogen-bond acceptors (Lipinski definition) is 8. The molecule has 0 amide bonds. The molecule has 106 valence electrons. The summed E-state index contributed by atoms with van der Waals surface area (Å²) in [4.78, 5) is 4.22. The van der Waals surface area contributed by atoms with Gasteiger partial charge in [-0.05, 0) is 25.5 Å². The molecule has 3 rings (SSSR count). The molecule has 8 nitrogen and oxygen atoms in total. The second-order valence-electron chi connectivity index (χ2n) is 4.70. The lowest BCUT2D eigenvalue weighted by Gasteiger charge is -2.28. The van der Waals surface area contributed by atoms with E-state index in [1.165, 1.54) is 7.11 Å². The Kier molecular flexibility index (Phi) is 3.33. The van der Waals surface area contributed by atoms with Crippen molar-refractivity contribution < 1.29 is 14.4 Å². The maximum atomic E-state index is 10.5. The van der Waals surface area contributed by atoms with Crippen molar-refractivity contribution in [1.29, 1.82) is 0 Å². The van der Waals surface area contributed by atoms with Crippen LogP contribution in [0.3, 0.4) is 0 Å². The average Bonchev–Trinajstić information content (AvgIpc) is 2.99. The number of nitrogens with zero attached hydrogens (tertiary/aromatic N) is 4. The van der Waals surface area contributed by atoms with Gasteiger partial charge in [0.1, 0.15) is 5.69 Å². The van der Waals surface area contributed by atoms with Crippen molar-refractivity contribution in [3.8, 4) is 17.4 Å². The maximum absolute atomic E-state index is 10.5. The topological polar surface area (TPSA) is 106 Å². The SMILES string of the molecule is COc1ccc(-c2noc(C3(O)CCCNC3)n2)nn1. The van der Waals surface area contributed by atoms with Crippen molar-refractivity contribution in [3.05, 3.63) is 18.0 Å². The predicted molar refractivity (Wildman–Crippen MR) is 67.9 cm³/mol. The normalized spacial score (nSPS) is 22.7. The van der Waals surface area contributed by atoms with E-state index in [9.17, 15) is 5.11 Å². The molecule has 2 aromatic heterocycles. The van der Waals surface area contributed by atoms with Crippen LogP contribution in [0.2, 0.25) is 0 Å². The molecule has 0 aliphatic carbocycles. The summed E-state index contributed by atoms with van der Waals surface area (Å²) >= 11 is 0. The highest BCUT2D eigenvalue weighted by molar-refractivity contribution is 5.47. The van der Waals surface area contributed by atoms with E-state index in [1.807, 2.05) is 0 Å². The van der Waals surface area contributed by atoms with Gasteiger partial charge in [0.2, 0.25) is 11.7 Å². The number of rotatable bonds is 3. The summed E-state index contributed by atoms with van der Waals surface area (Å²) in [5.74, 6) is 0.916. The second kappa shape index (κ2) is 5.14. The van der Waals surface area contributed by atoms with Crippen molar-refractivity contribution in [1.82, 2.24) is 25.7 Å². The highest BCUT2D eigenvalue weighted by Crippen LogP contribution is 2.28. The van der Waals surface area contributed by atoms with E-state index in [0.717, 1.165) is 13.0 Å². The number of methoxy groups -OCH3 is 1. The van der Waals surface area contributed by atoms with Crippen molar-refractivity contribution in [2.24, 2.45) is 0 Å². The highest BCUT2D eigenvalue weighted by Gasteiger charge is 2.37. The molecule has 1 aliphatic rings. The van der Waals surface area contributed by atoms with Gasteiger partial charge in [0.05, 0.1) is 7.11 Å². The van der Waals surface area contributed by atoms with E-state index >= 15 is 0 Å². The number of hydrogen-bond donors (Lipinski definition) is 2. The fraction of sp³-hybridized carbons (Fsp3) is 0.500. The summed E-state index contributed by atoms with van der Waals surface area (Å²) in [6, 6.07) is 3.35. The van der Waals surface area contributed by atoms with E-state index in [0.29, 0.717) is 30.4 Å². The van der Waals surface area contributed by atoms with Gasteiger partial charge in [-0.1, -0.05) is 5.16 Å². The fourth-order valence-electron chi connectivity index (χ4n) is 2.14. The summed E-state index contributed by atoms with van der Waals surface area (Å²) < 4.78 is 10.1. The van der Waals surface area contributed by atoms with E-state index < -0.39 is 5.60 Å². The Hall–Kier alpha value is -2.06. The van der Waals surface area contributed by atoms with Crippen LogP contribution in [-0.2, 0) is 5.60 Å². The lowest BCUT2D eigenvalue weighted by atomic mass is 9.94. The number of aromatic nitrogens is 4. The van der Waals surface area contributed by atoms with Crippen LogP contribution in [-0.4, -0.2) is 45.6 Å². The minimum absolute atomic E-state index is 0.206. The largest absolute Gasteiger partial charge is 0.480 e. The third kappa shape index (κ3) is 2.35. The molecule has 0 saturated carbocycles. The fourth-order valence-corrected chi connectivity index (χ4v) is 2.14. The molecule has 2 aromatic rings. The Balaban J connectivity index is 1.85. The van der Waals surface area contributed by atoms with E-state index in [-0.39, 0.29) is 5.89 Å². The summed E-state index contributed by atoms with van der Waals surface area (Å²) in [6.07, 6.45) is 1.45. The van der Waals surface area contributed by atoms with Crippen molar-refractivity contribution in [2.75, 3.05) is 20.2 Å². The molecule has 1 fully saturated rings. The first-order valence-corrected chi connectivity index (χ1v) is 6.37. The molecule has 0 radical (unpaired) electrons. The third-order valence-electron chi connectivity index (χ3n) is 3.26. The van der Waals surface area contributed by atoms with Gasteiger partial charge in [0.15, 0.2) is 5.60 Å². The van der Waals surface area contributed by atoms with Crippen LogP contribution in [0.15, 0.2) is 16.7 Å². The number of piperidine rings is 1. The summed E-state index contributed by atoms with van der Waals surface area (Å²) in [7, 11) is 1.52. The quantitative estimate of drug-likeness (QED) is 0.814. The van der Waals surface area contributed by atoms with Crippen LogP contribution in [0, 0.1) is 0 Å². The van der Waals surface area contributed by atoms with Gasteiger partial charge in [0, 0.05) is 12.6 Å². The Morgan fingerprint density at radius 3 is 2.95 bits per heavy atom. The van der Waals surface area contributed by atoms with Gasteiger partial charge in [0.25, 0.3) is 5.89 Å². The Labute approximate surface area is 115 Å². The Bertz CT molecular complexity index is 577. The van der Waals surface area contributed by atoms with Gasteiger partial charge in [-0.3, -0.25) is 0 Å². The van der Waals surface area contributed by atoms with Gasteiger partial charge in [-0.2, -0.15) is 4.98 Å². The first kappa shape index (κ1) is 12.9. The Morgan fingerprint density at radius 2 is 2.30 bits per heavy atom. The predicted octanol–water partition coefficient (Wildman–Crippen LogP) is 0.106. The number of aliphatic hydroxyl groups is 1. The lowest BCUT2D eigenvalue weighted by molar-refractivity contribution is -0.0167. The standard InChI is InChI=1S/C12H15N5O3/c1-19-9-4-3-8(15-16-9)10-14-11(20-17-10)12(18)5-2-6-13-7-12/h3-4,13,18H,2,5-7H2,1H3. The molecular weight excluding hydrogens is 262 g/mol. The maximum Gasteiger partial charge on any atom is 0.260 e. The molecule has 2 N–H and O–H groups in total. The van der Waals surface area contributed by atoms with E-state index in [1.54, 1.807) is 12.1 Å². The van der Waals surface area contributed by atoms with Crippen LogP contribution in [0.1, 0.15) is 18.7 Å². The Morgan fingerprint density at radius 1 is 1.40 bits per heavy atom. The minimum Gasteiger partial charge on any atom is -0.480 e. The van der Waals surface area contributed by atoms with Gasteiger partial charge < -0.3 is 19.7 Å². The zero-order valence-corrected chi connectivity index (χ0v) is 11.0. The van der Waals surface area contributed by atoms with Gasteiger partial charge in [-0.25, -0.2) is 0 Å². The molecule has 0 spiro atoms. The molecule has 1 saturated heterocycles. The van der Waals surface area contributed by atoms with Crippen LogP contribution in [0.5, 0.6) is 5.88 Å². The molecular formula is C12H15N5O3. The van der Waals surface area contributed by atoms with E-state index in [4.69, 9.17) is 9.26 Å². The first-order valence-electron chi connectivity index (χ1n) is 6.37. The highest BCUT2D eigenvalue weighted by atomic mass is 16.5. The van der Waals surface area contributed by atoms with Crippen LogP contribution < -0.4 is 10.1 Å². The first-order chi connectivity index (χ1) is 9.71. The van der Waals surface area contributed by atoms with Gasteiger partial charge in [-0.15, -0.1) is 10.2 Å². The zero-order chi connectivity index (χ0) is 14.0. The monoisotopic (exact) mass is 277 g/mol. The van der Waals surface area contributed by atoms with E-state index in [2.05, 4.69) is 25.7 Å². The lowest BCUT2D eigenvalue weighted by Crippen LogP contribution is -2.43. The third-order valence-corrected chi connectivity index (χ3v) is 3.26. The summed E-state index contributed by atoms with van der Waals surface area (Å²) in [5.41, 5.74) is -0.642. The minimum atomic E-state index is -1.11. The molecule has 0 aromatic carbocycles. The van der Waals surface area contributed by atoms with Crippen molar-refractivity contribution in [3.63, 3.8) is 0 Å². The number of β-amino-alcohol motifs (C(OH)–C–C–N with tert-alkyl or cyclic N) is 1. The number of ether oxygens (including phenoxy) is 1. The van der Waals surface area contributed by atoms with Crippen LogP contribution >= 0.6 is 0 Å². The van der Waals surface area contributed by atoms with Gasteiger partial charge >= 0.3 is 0 Å². The van der Waals surface area contributed by atoms with Crippen molar-refractivity contribution >= 4 is 0 Å². The molecule has 1 aliphatic heterocycles.